The number of hydrogen-bond acceptors (Lipinski definition) is 2. The van der Waals surface area contributed by atoms with Gasteiger partial charge in [0.25, 0.3) is 10.1 Å². The minimum absolute atomic E-state index is 0.0280. The van der Waals surface area contributed by atoms with Gasteiger partial charge in [-0.05, 0) is 35.6 Å². The lowest BCUT2D eigenvalue weighted by Gasteiger charge is -2.20. The van der Waals surface area contributed by atoms with Gasteiger partial charge in [-0.3, -0.25) is 4.55 Å². The molecule has 0 saturated heterocycles. The van der Waals surface area contributed by atoms with Crippen LogP contribution in [0.1, 0.15) is 38.8 Å². The van der Waals surface area contributed by atoms with E-state index >= 15 is 0 Å². The van der Waals surface area contributed by atoms with E-state index in [0.29, 0.717) is 5.57 Å². The third-order valence-corrected chi connectivity index (χ3v) is 5.89. The van der Waals surface area contributed by atoms with E-state index in [-0.39, 0.29) is 19.1 Å². The van der Waals surface area contributed by atoms with Gasteiger partial charge in [0.1, 0.15) is 9.52 Å². The molecule has 2 radical (unpaired) electrons. The lowest BCUT2D eigenvalue weighted by molar-refractivity contribution is 0.493. The van der Waals surface area contributed by atoms with Gasteiger partial charge in [0.05, 0.1) is 4.53 Å². The van der Waals surface area contributed by atoms with Crippen molar-refractivity contribution >= 4 is 25.2 Å². The smallest absolute Gasteiger partial charge is 0.282 e. The van der Waals surface area contributed by atoms with Gasteiger partial charge in [-0.15, -0.1) is 0 Å². The van der Waals surface area contributed by atoms with Crippen LogP contribution in [-0.2, 0) is 10.1 Å². The van der Waals surface area contributed by atoms with Crippen LogP contribution in [-0.4, -0.2) is 22.5 Å². The van der Waals surface area contributed by atoms with E-state index < -0.39 is 10.1 Å². The third kappa shape index (κ3) is 4.60. The van der Waals surface area contributed by atoms with Gasteiger partial charge in [0.15, 0.2) is 0 Å². The Bertz CT molecular complexity index is 595. The van der Waals surface area contributed by atoms with Gasteiger partial charge in [0, 0.05) is 0 Å². The average molecular weight is 296 g/mol. The molecular weight excluding hydrogens is 276 g/mol. The molecule has 0 aliphatic heterocycles. The summed E-state index contributed by atoms with van der Waals surface area (Å²) in [5.74, 6) is 0. The lowest BCUT2D eigenvalue weighted by atomic mass is 10.0. The highest BCUT2D eigenvalue weighted by Gasteiger charge is 2.25. The molecule has 104 valence electrons. The molecule has 1 N–H and O–H groups in total. The fraction of sp³-hybridized carbons (Fsp3) is 0.429. The Balaban J connectivity index is 3.46. The second-order valence-corrected chi connectivity index (χ2v) is 9.59. The second kappa shape index (κ2) is 5.61. The Kier molecular flexibility index (Phi) is 4.76. The van der Waals surface area contributed by atoms with Crippen LogP contribution in [0.25, 0.3) is 5.57 Å². The molecule has 0 heterocycles. The molecule has 0 unspecified atom stereocenters. The maximum absolute atomic E-state index is 11.6. The fourth-order valence-corrected chi connectivity index (χ4v) is 4.74. The lowest BCUT2D eigenvalue weighted by Crippen LogP contribution is -2.19. The molecular formula is C14H20O3SSi. The van der Waals surface area contributed by atoms with E-state index in [0.717, 1.165) is 11.1 Å². The molecule has 3 nitrogen and oxygen atoms in total. The van der Waals surface area contributed by atoms with Crippen LogP contribution in [0.5, 0.6) is 0 Å². The zero-order chi connectivity index (χ0) is 14.8. The van der Waals surface area contributed by atoms with E-state index in [9.17, 15) is 13.0 Å². The normalized spacial score (nSPS) is 14.2. The van der Waals surface area contributed by atoms with Crippen molar-refractivity contribution in [2.75, 3.05) is 0 Å². The fourth-order valence-electron chi connectivity index (χ4n) is 1.81. The van der Waals surface area contributed by atoms with Gasteiger partial charge >= 0.3 is 0 Å². The predicted octanol–water partition coefficient (Wildman–Crippen LogP) is 3.49. The van der Waals surface area contributed by atoms with Crippen molar-refractivity contribution in [3.63, 3.8) is 0 Å². The average Bonchev–Trinajstić information content (AvgIpc) is 2.23. The monoisotopic (exact) mass is 296 g/mol. The van der Waals surface area contributed by atoms with Crippen molar-refractivity contribution in [1.82, 2.24) is 0 Å². The van der Waals surface area contributed by atoms with Crippen LogP contribution < -0.4 is 0 Å². The van der Waals surface area contributed by atoms with Gasteiger partial charge in [0.2, 0.25) is 0 Å². The molecule has 0 bridgehead atoms. The first-order chi connectivity index (χ1) is 8.52. The molecule has 0 fully saturated rings. The van der Waals surface area contributed by atoms with E-state index in [4.69, 9.17) is 0 Å². The van der Waals surface area contributed by atoms with Crippen LogP contribution in [0.3, 0.4) is 0 Å². The highest BCUT2D eigenvalue weighted by molar-refractivity contribution is 7.92. The van der Waals surface area contributed by atoms with Crippen molar-refractivity contribution in [2.24, 2.45) is 0 Å². The first-order valence-corrected chi connectivity index (χ1v) is 8.49. The summed E-state index contributed by atoms with van der Waals surface area (Å²) in [5.41, 5.74) is 2.50. The van der Waals surface area contributed by atoms with E-state index in [1.807, 2.05) is 52.0 Å². The van der Waals surface area contributed by atoms with Crippen molar-refractivity contribution < 1.29 is 13.0 Å². The van der Waals surface area contributed by atoms with Crippen LogP contribution >= 0.6 is 0 Å². The van der Waals surface area contributed by atoms with Gasteiger partial charge in [-0.2, -0.15) is 8.42 Å². The minimum atomic E-state index is -4.17. The number of rotatable bonds is 3. The molecule has 0 atom stereocenters. The molecule has 0 spiro atoms. The Morgan fingerprint density at radius 2 is 1.74 bits per heavy atom. The molecule has 0 saturated carbocycles. The summed E-state index contributed by atoms with van der Waals surface area (Å²) in [5, 5.41) is -0.185. The minimum Gasteiger partial charge on any atom is -0.282 e. The van der Waals surface area contributed by atoms with Crippen molar-refractivity contribution in [3.8, 4) is 0 Å². The van der Waals surface area contributed by atoms with E-state index in [1.165, 1.54) is 0 Å². The number of allylic oxidation sites excluding steroid dienone is 1. The van der Waals surface area contributed by atoms with Crippen LogP contribution in [0.15, 0.2) is 28.8 Å². The summed E-state index contributed by atoms with van der Waals surface area (Å²) in [4.78, 5) is 0. The Labute approximate surface area is 118 Å². The predicted molar refractivity (Wildman–Crippen MR) is 80.8 cm³/mol. The summed E-state index contributed by atoms with van der Waals surface area (Å²) in [6.07, 6.45) is 0. The number of aryl methyl sites for hydroxylation is 1. The molecule has 1 aromatic rings. The molecule has 0 aliphatic carbocycles. The molecule has 1 rings (SSSR count). The summed E-state index contributed by atoms with van der Waals surface area (Å²) in [6.45, 7) is 9.57. The molecule has 0 aromatic heterocycles. The van der Waals surface area contributed by atoms with Gasteiger partial charge in [-0.25, -0.2) is 0 Å². The standard InChI is InChI=1S/C14H20O3SSi/c1-10-8-6-7-9-12(10)11(2)13(18(15,16)17)19-14(3,4)5/h6-9H,1-5H3,(H,15,16,17). The van der Waals surface area contributed by atoms with Crippen LogP contribution in [0, 0.1) is 6.92 Å². The Hall–Kier alpha value is -0.913. The summed E-state index contributed by atoms with van der Waals surface area (Å²) < 4.78 is 32.9. The largest absolute Gasteiger partial charge is 0.286 e. The maximum Gasteiger partial charge on any atom is 0.286 e. The number of hydrogen-bond donors (Lipinski definition) is 1. The Morgan fingerprint density at radius 1 is 1.21 bits per heavy atom. The zero-order valence-electron chi connectivity index (χ0n) is 12.0. The summed E-state index contributed by atoms with van der Waals surface area (Å²) in [7, 11) is -4.14. The molecule has 0 aliphatic rings. The van der Waals surface area contributed by atoms with Gasteiger partial charge in [-0.1, -0.05) is 45.0 Å². The van der Waals surface area contributed by atoms with Crippen molar-refractivity contribution in [3.05, 3.63) is 39.9 Å². The van der Waals surface area contributed by atoms with Crippen LogP contribution in [0.4, 0.5) is 0 Å². The highest BCUT2D eigenvalue weighted by atomic mass is 32.2. The topological polar surface area (TPSA) is 54.4 Å². The quantitative estimate of drug-likeness (QED) is 0.686. The first-order valence-electron chi connectivity index (χ1n) is 6.05. The van der Waals surface area contributed by atoms with E-state index in [1.54, 1.807) is 6.92 Å². The van der Waals surface area contributed by atoms with E-state index in [2.05, 4.69) is 0 Å². The molecule has 1 aromatic carbocycles. The third-order valence-electron chi connectivity index (χ3n) is 2.64. The van der Waals surface area contributed by atoms with Crippen LogP contribution in [0.2, 0.25) is 5.04 Å². The van der Waals surface area contributed by atoms with Gasteiger partial charge < -0.3 is 0 Å². The summed E-state index contributed by atoms with van der Waals surface area (Å²) >= 11 is 0. The first kappa shape index (κ1) is 16.1. The maximum atomic E-state index is 11.6. The second-order valence-electron chi connectivity index (χ2n) is 5.62. The molecule has 0 amide bonds. The SMILES string of the molecule is CC(=C([Si]C(C)(C)C)S(=O)(=O)O)c1ccccc1C. The van der Waals surface area contributed by atoms with Crippen molar-refractivity contribution in [2.45, 2.75) is 39.7 Å². The highest BCUT2D eigenvalue weighted by Crippen LogP contribution is 2.30. The summed E-state index contributed by atoms with van der Waals surface area (Å²) in [6, 6.07) is 7.59. The molecule has 19 heavy (non-hydrogen) atoms. The zero-order valence-corrected chi connectivity index (χ0v) is 13.8. The number of benzene rings is 1. The molecule has 5 heteroatoms. The van der Waals surface area contributed by atoms with Crippen molar-refractivity contribution in [1.29, 1.82) is 0 Å². The Morgan fingerprint density at radius 3 is 2.16 bits per heavy atom.